The van der Waals surface area contributed by atoms with Crippen molar-refractivity contribution in [1.82, 2.24) is 4.90 Å². The van der Waals surface area contributed by atoms with E-state index in [2.05, 4.69) is 37.9 Å². The quantitative estimate of drug-likeness (QED) is 0.921. The van der Waals surface area contributed by atoms with Crippen molar-refractivity contribution in [1.29, 1.82) is 0 Å². The maximum atomic E-state index is 5.85. The molecule has 1 fully saturated rings. The minimum absolute atomic E-state index is 0.336. The summed E-state index contributed by atoms with van der Waals surface area (Å²) in [7, 11) is 2.19. The van der Waals surface area contributed by atoms with Crippen LogP contribution in [0.3, 0.4) is 0 Å². The molecule has 2 heterocycles. The normalized spacial score (nSPS) is 25.6. The predicted molar refractivity (Wildman–Crippen MR) is 79.2 cm³/mol. The third kappa shape index (κ3) is 2.27. The Bertz CT molecular complexity index is 501. The van der Waals surface area contributed by atoms with Crippen molar-refractivity contribution in [2.45, 2.75) is 32.2 Å². The van der Waals surface area contributed by atoms with Gasteiger partial charge in [0.1, 0.15) is 0 Å². The molecule has 20 heavy (non-hydrogen) atoms. The largest absolute Gasteiger partial charge is 0.454 e. The van der Waals surface area contributed by atoms with Crippen molar-refractivity contribution in [3.8, 4) is 11.5 Å². The van der Waals surface area contributed by atoms with Gasteiger partial charge in [-0.3, -0.25) is 4.90 Å². The summed E-state index contributed by atoms with van der Waals surface area (Å²) in [6.07, 6.45) is 1.13. The summed E-state index contributed by atoms with van der Waals surface area (Å²) < 4.78 is 11.1. The highest BCUT2D eigenvalue weighted by Gasteiger charge is 2.33. The molecule has 0 amide bonds. The zero-order valence-electron chi connectivity index (χ0n) is 12.6. The van der Waals surface area contributed by atoms with Crippen molar-refractivity contribution >= 4 is 0 Å². The summed E-state index contributed by atoms with van der Waals surface area (Å²) >= 11 is 0. The molecule has 1 aromatic carbocycles. The van der Waals surface area contributed by atoms with Gasteiger partial charge in [-0.25, -0.2) is 0 Å². The number of benzene rings is 1. The minimum Gasteiger partial charge on any atom is -0.454 e. The lowest BCUT2D eigenvalue weighted by Crippen LogP contribution is -2.21. The molecule has 2 unspecified atom stereocenters. The van der Waals surface area contributed by atoms with E-state index in [4.69, 9.17) is 15.2 Å². The van der Waals surface area contributed by atoms with Crippen molar-refractivity contribution in [3.05, 3.63) is 23.3 Å². The Morgan fingerprint density at radius 2 is 2.00 bits per heavy atom. The zero-order valence-corrected chi connectivity index (χ0v) is 12.6. The molecule has 0 bridgehead atoms. The fraction of sp³-hybridized carbons (Fsp3) is 0.625. The number of nitrogens with two attached hydrogens (primary N) is 1. The van der Waals surface area contributed by atoms with Crippen LogP contribution in [0.5, 0.6) is 11.5 Å². The van der Waals surface area contributed by atoms with Crippen LogP contribution in [-0.4, -0.2) is 31.8 Å². The monoisotopic (exact) mass is 276 g/mol. The molecule has 2 aliphatic rings. The Labute approximate surface area is 120 Å². The predicted octanol–water partition coefficient (Wildman–Crippen LogP) is 2.49. The molecule has 3 rings (SSSR count). The Kier molecular flexibility index (Phi) is 3.61. The molecule has 0 radical (unpaired) electrons. The number of rotatable bonds is 3. The van der Waals surface area contributed by atoms with E-state index in [0.717, 1.165) is 31.0 Å². The van der Waals surface area contributed by atoms with Gasteiger partial charge in [0.2, 0.25) is 6.79 Å². The average Bonchev–Trinajstić information content (AvgIpc) is 3.02. The standard InChI is InChI=1S/C16H24N2O2/c1-10(2)12-5-15-16(20-9-19-15)6-13(12)14-4-11(7-17)8-18(14)3/h5-6,10-11,14H,4,7-9,17H2,1-3H3. The molecule has 0 aliphatic carbocycles. The van der Waals surface area contributed by atoms with Crippen LogP contribution in [0.25, 0.3) is 0 Å². The summed E-state index contributed by atoms with van der Waals surface area (Å²) in [6, 6.07) is 4.78. The summed E-state index contributed by atoms with van der Waals surface area (Å²) in [6.45, 7) is 6.64. The topological polar surface area (TPSA) is 47.7 Å². The Morgan fingerprint density at radius 3 is 2.60 bits per heavy atom. The number of fused-ring (bicyclic) bond motifs is 1. The lowest BCUT2D eigenvalue weighted by Gasteiger charge is -2.24. The van der Waals surface area contributed by atoms with Crippen LogP contribution in [0, 0.1) is 5.92 Å². The average molecular weight is 276 g/mol. The Balaban J connectivity index is 1.99. The second kappa shape index (κ2) is 5.26. The fourth-order valence-electron chi connectivity index (χ4n) is 3.40. The molecule has 0 aromatic heterocycles. The summed E-state index contributed by atoms with van der Waals surface area (Å²) in [5, 5.41) is 0. The maximum absolute atomic E-state index is 5.85. The molecule has 2 aliphatic heterocycles. The van der Waals surface area contributed by atoms with Gasteiger partial charge in [-0.15, -0.1) is 0 Å². The van der Waals surface area contributed by atoms with Crippen LogP contribution in [0.15, 0.2) is 12.1 Å². The third-order valence-corrected chi connectivity index (χ3v) is 4.53. The van der Waals surface area contributed by atoms with Gasteiger partial charge in [0.15, 0.2) is 11.5 Å². The third-order valence-electron chi connectivity index (χ3n) is 4.53. The Hall–Kier alpha value is -1.26. The maximum Gasteiger partial charge on any atom is 0.231 e. The lowest BCUT2D eigenvalue weighted by atomic mass is 9.90. The molecule has 4 heteroatoms. The van der Waals surface area contributed by atoms with Crippen molar-refractivity contribution in [2.24, 2.45) is 11.7 Å². The second-order valence-corrected chi connectivity index (χ2v) is 6.28. The summed E-state index contributed by atoms with van der Waals surface area (Å²) in [5.41, 5.74) is 8.60. The molecule has 110 valence electrons. The van der Waals surface area contributed by atoms with Crippen LogP contribution < -0.4 is 15.2 Å². The first-order valence-electron chi connectivity index (χ1n) is 7.44. The van der Waals surface area contributed by atoms with Crippen LogP contribution in [0.2, 0.25) is 0 Å². The van der Waals surface area contributed by atoms with Gasteiger partial charge in [0, 0.05) is 12.6 Å². The van der Waals surface area contributed by atoms with Gasteiger partial charge in [-0.2, -0.15) is 0 Å². The summed E-state index contributed by atoms with van der Waals surface area (Å²) in [4.78, 5) is 2.42. The van der Waals surface area contributed by atoms with E-state index >= 15 is 0 Å². The van der Waals surface area contributed by atoms with Gasteiger partial charge in [-0.1, -0.05) is 13.8 Å². The number of ether oxygens (including phenoxy) is 2. The first kappa shape index (κ1) is 13.7. The van der Waals surface area contributed by atoms with Gasteiger partial charge < -0.3 is 15.2 Å². The van der Waals surface area contributed by atoms with Gasteiger partial charge in [0.25, 0.3) is 0 Å². The molecule has 0 spiro atoms. The van der Waals surface area contributed by atoms with E-state index in [0.29, 0.717) is 24.7 Å². The van der Waals surface area contributed by atoms with Gasteiger partial charge in [-0.05, 0) is 55.1 Å². The summed E-state index contributed by atoms with van der Waals surface area (Å²) in [5.74, 6) is 2.84. The fourth-order valence-corrected chi connectivity index (χ4v) is 3.40. The van der Waals surface area contributed by atoms with E-state index in [1.165, 1.54) is 11.1 Å². The van der Waals surface area contributed by atoms with Crippen LogP contribution in [0.4, 0.5) is 0 Å². The Morgan fingerprint density at radius 1 is 1.30 bits per heavy atom. The van der Waals surface area contributed by atoms with Crippen molar-refractivity contribution in [3.63, 3.8) is 0 Å². The number of nitrogens with zero attached hydrogens (tertiary/aromatic N) is 1. The van der Waals surface area contributed by atoms with Crippen molar-refractivity contribution < 1.29 is 9.47 Å². The SMILES string of the molecule is CC(C)c1cc2c(cc1C1CC(CN)CN1C)OCO2. The van der Waals surface area contributed by atoms with Gasteiger partial charge in [0.05, 0.1) is 0 Å². The first-order chi connectivity index (χ1) is 9.60. The number of likely N-dealkylation sites (tertiary alicyclic amines) is 1. The molecule has 1 aromatic rings. The highest BCUT2D eigenvalue weighted by atomic mass is 16.7. The smallest absolute Gasteiger partial charge is 0.231 e. The van der Waals surface area contributed by atoms with E-state index < -0.39 is 0 Å². The minimum atomic E-state index is 0.336. The molecule has 2 atom stereocenters. The second-order valence-electron chi connectivity index (χ2n) is 6.28. The molecular formula is C16H24N2O2. The molecular weight excluding hydrogens is 252 g/mol. The molecule has 2 N–H and O–H groups in total. The first-order valence-corrected chi connectivity index (χ1v) is 7.44. The number of hydrogen-bond donors (Lipinski definition) is 1. The van der Waals surface area contributed by atoms with E-state index in [1.54, 1.807) is 0 Å². The van der Waals surface area contributed by atoms with E-state index in [1.807, 2.05) is 0 Å². The highest BCUT2D eigenvalue weighted by Crippen LogP contribution is 2.43. The number of hydrogen-bond acceptors (Lipinski definition) is 4. The molecule has 0 saturated carbocycles. The van der Waals surface area contributed by atoms with E-state index in [9.17, 15) is 0 Å². The van der Waals surface area contributed by atoms with Crippen LogP contribution >= 0.6 is 0 Å². The molecule has 4 nitrogen and oxygen atoms in total. The van der Waals surface area contributed by atoms with Crippen LogP contribution in [0.1, 0.15) is 43.4 Å². The zero-order chi connectivity index (χ0) is 14.3. The molecule has 1 saturated heterocycles. The highest BCUT2D eigenvalue weighted by molar-refractivity contribution is 5.51. The van der Waals surface area contributed by atoms with E-state index in [-0.39, 0.29) is 0 Å². The van der Waals surface area contributed by atoms with Crippen molar-refractivity contribution in [2.75, 3.05) is 26.9 Å². The lowest BCUT2D eigenvalue weighted by molar-refractivity contribution is 0.174. The van der Waals surface area contributed by atoms with Crippen LogP contribution in [-0.2, 0) is 0 Å². The van der Waals surface area contributed by atoms with Gasteiger partial charge >= 0.3 is 0 Å².